The Morgan fingerprint density at radius 1 is 0.758 bits per heavy atom. The van der Waals surface area contributed by atoms with Crippen LogP contribution in [0.2, 0.25) is 0 Å². The van der Waals surface area contributed by atoms with E-state index in [9.17, 15) is 8.42 Å². The average Bonchev–Trinajstić information content (AvgIpc) is 2.85. The van der Waals surface area contributed by atoms with Crippen molar-refractivity contribution in [1.29, 1.82) is 5.41 Å². The summed E-state index contributed by atoms with van der Waals surface area (Å²) in [5.74, 6) is 0.157. The molecule has 8 heteroatoms. The van der Waals surface area contributed by atoms with Gasteiger partial charge in [-0.1, -0.05) is 54.6 Å². The van der Waals surface area contributed by atoms with E-state index in [0.717, 1.165) is 22.4 Å². The number of benzene rings is 3. The van der Waals surface area contributed by atoms with Crippen molar-refractivity contribution in [2.75, 3.05) is 10.0 Å². The van der Waals surface area contributed by atoms with Crippen LogP contribution in [0.25, 0.3) is 11.1 Å². The third-order valence-electron chi connectivity index (χ3n) is 4.90. The molecule has 1 aromatic heterocycles. The number of pyridine rings is 1. The number of nitrogens with zero attached hydrogens (tertiary/aromatic N) is 1. The Morgan fingerprint density at radius 2 is 1.39 bits per heavy atom. The Hall–Kier alpha value is -4.17. The Morgan fingerprint density at radius 3 is 2.06 bits per heavy atom. The first kappa shape index (κ1) is 22.0. The first-order chi connectivity index (χ1) is 16.0. The summed E-state index contributed by atoms with van der Waals surface area (Å²) >= 11 is 0. The van der Waals surface area contributed by atoms with E-state index in [1.165, 1.54) is 0 Å². The maximum Gasteiger partial charge on any atom is 0.261 e. The molecule has 0 aliphatic rings. The van der Waals surface area contributed by atoms with Crippen molar-refractivity contribution in [2.45, 2.75) is 11.4 Å². The van der Waals surface area contributed by atoms with E-state index in [4.69, 9.17) is 5.41 Å². The average molecular weight is 458 g/mol. The molecular weight excluding hydrogens is 434 g/mol. The number of guanidine groups is 1. The summed E-state index contributed by atoms with van der Waals surface area (Å²) < 4.78 is 28.1. The monoisotopic (exact) mass is 457 g/mol. The van der Waals surface area contributed by atoms with Gasteiger partial charge in [0.15, 0.2) is 5.96 Å². The third-order valence-corrected chi connectivity index (χ3v) is 6.29. The van der Waals surface area contributed by atoms with Crippen LogP contribution in [0.5, 0.6) is 0 Å². The van der Waals surface area contributed by atoms with Crippen molar-refractivity contribution in [3.63, 3.8) is 0 Å². The molecule has 33 heavy (non-hydrogen) atoms. The van der Waals surface area contributed by atoms with Crippen LogP contribution in [0.1, 0.15) is 5.56 Å². The molecule has 0 atom stereocenters. The van der Waals surface area contributed by atoms with Gasteiger partial charge in [0, 0.05) is 30.3 Å². The van der Waals surface area contributed by atoms with Crippen LogP contribution in [0, 0.1) is 5.41 Å². The van der Waals surface area contributed by atoms with E-state index in [0.29, 0.717) is 12.2 Å². The van der Waals surface area contributed by atoms with Gasteiger partial charge in [-0.25, -0.2) is 8.42 Å². The lowest BCUT2D eigenvalue weighted by atomic mass is 10.1. The Kier molecular flexibility index (Phi) is 6.66. The molecule has 7 nitrogen and oxygen atoms in total. The fourth-order valence-electron chi connectivity index (χ4n) is 3.18. The lowest BCUT2D eigenvalue weighted by Crippen LogP contribution is -2.29. The second-order valence-corrected chi connectivity index (χ2v) is 8.96. The van der Waals surface area contributed by atoms with Gasteiger partial charge in [0.2, 0.25) is 0 Å². The minimum atomic E-state index is -3.70. The van der Waals surface area contributed by atoms with E-state index in [1.54, 1.807) is 60.9 Å². The molecule has 1 heterocycles. The van der Waals surface area contributed by atoms with E-state index < -0.39 is 10.0 Å². The van der Waals surface area contributed by atoms with E-state index in [1.807, 2.05) is 42.5 Å². The van der Waals surface area contributed by atoms with Gasteiger partial charge in [0.25, 0.3) is 10.0 Å². The second kappa shape index (κ2) is 9.97. The number of nitrogens with one attached hydrogen (secondary N) is 4. The van der Waals surface area contributed by atoms with Gasteiger partial charge in [0.1, 0.15) is 0 Å². The summed E-state index contributed by atoms with van der Waals surface area (Å²) in [6, 6.07) is 27.2. The van der Waals surface area contributed by atoms with Gasteiger partial charge in [-0.05, 0) is 53.1 Å². The SMILES string of the molecule is N=C(NCc1ccc(NS(=O)(=O)c2ccc(-c3ccccc3)cc2)cc1)Nc1ccncc1. The normalized spacial score (nSPS) is 10.9. The van der Waals surface area contributed by atoms with Gasteiger partial charge in [-0.2, -0.15) is 0 Å². The summed E-state index contributed by atoms with van der Waals surface area (Å²) in [5.41, 5.74) is 4.13. The second-order valence-electron chi connectivity index (χ2n) is 7.28. The zero-order valence-electron chi connectivity index (χ0n) is 17.7. The first-order valence-corrected chi connectivity index (χ1v) is 11.7. The molecule has 0 unspecified atom stereocenters. The summed E-state index contributed by atoms with van der Waals surface area (Å²) in [5, 5.41) is 13.9. The summed E-state index contributed by atoms with van der Waals surface area (Å²) in [6.07, 6.45) is 3.29. The van der Waals surface area contributed by atoms with Gasteiger partial charge in [-0.3, -0.25) is 15.1 Å². The molecule has 4 aromatic rings. The predicted molar refractivity (Wildman–Crippen MR) is 132 cm³/mol. The highest BCUT2D eigenvalue weighted by Gasteiger charge is 2.14. The summed E-state index contributed by atoms with van der Waals surface area (Å²) in [6.45, 7) is 0.422. The van der Waals surface area contributed by atoms with E-state index in [-0.39, 0.29) is 10.9 Å². The molecule has 0 saturated heterocycles. The molecule has 0 fully saturated rings. The molecule has 166 valence electrons. The zero-order chi connectivity index (χ0) is 23.1. The van der Waals surface area contributed by atoms with E-state index >= 15 is 0 Å². The van der Waals surface area contributed by atoms with Crippen LogP contribution in [0.15, 0.2) is 108 Å². The number of aromatic nitrogens is 1. The van der Waals surface area contributed by atoms with Crippen molar-refractivity contribution in [1.82, 2.24) is 10.3 Å². The zero-order valence-corrected chi connectivity index (χ0v) is 18.5. The van der Waals surface area contributed by atoms with Crippen LogP contribution in [-0.2, 0) is 16.6 Å². The topological polar surface area (TPSA) is 107 Å². The van der Waals surface area contributed by atoms with Gasteiger partial charge >= 0.3 is 0 Å². The minimum Gasteiger partial charge on any atom is -0.352 e. The molecule has 0 aliphatic carbocycles. The highest BCUT2D eigenvalue weighted by Crippen LogP contribution is 2.22. The number of anilines is 2. The molecule has 0 bridgehead atoms. The van der Waals surface area contributed by atoms with Gasteiger partial charge < -0.3 is 10.6 Å². The number of hydrogen-bond donors (Lipinski definition) is 4. The van der Waals surface area contributed by atoms with Crippen LogP contribution >= 0.6 is 0 Å². The largest absolute Gasteiger partial charge is 0.352 e. The quantitative estimate of drug-likeness (QED) is 0.238. The molecular formula is C25H23N5O2S. The maximum atomic E-state index is 12.8. The molecule has 0 spiro atoms. The molecule has 4 rings (SSSR count). The van der Waals surface area contributed by atoms with Crippen molar-refractivity contribution >= 4 is 27.4 Å². The van der Waals surface area contributed by atoms with Crippen LogP contribution in [-0.4, -0.2) is 19.4 Å². The molecule has 0 saturated carbocycles. The van der Waals surface area contributed by atoms with Crippen LogP contribution < -0.4 is 15.4 Å². The van der Waals surface area contributed by atoms with Crippen molar-refractivity contribution in [3.8, 4) is 11.1 Å². The first-order valence-electron chi connectivity index (χ1n) is 10.3. The predicted octanol–water partition coefficient (Wildman–Crippen LogP) is 4.69. The smallest absolute Gasteiger partial charge is 0.261 e. The fraction of sp³-hybridized carbons (Fsp3) is 0.0400. The van der Waals surface area contributed by atoms with Gasteiger partial charge in [0.05, 0.1) is 4.90 Å². The number of sulfonamides is 1. The van der Waals surface area contributed by atoms with Crippen molar-refractivity contribution < 1.29 is 8.42 Å². The molecule has 0 radical (unpaired) electrons. The van der Waals surface area contributed by atoms with E-state index in [2.05, 4.69) is 20.3 Å². The Balaban J connectivity index is 1.34. The Bertz CT molecular complexity index is 1310. The van der Waals surface area contributed by atoms with Crippen LogP contribution in [0.3, 0.4) is 0 Å². The highest BCUT2D eigenvalue weighted by atomic mass is 32.2. The van der Waals surface area contributed by atoms with Crippen LogP contribution in [0.4, 0.5) is 11.4 Å². The Labute approximate surface area is 193 Å². The van der Waals surface area contributed by atoms with Gasteiger partial charge in [-0.15, -0.1) is 0 Å². The number of rotatable bonds is 7. The molecule has 4 N–H and O–H groups in total. The third kappa shape index (κ3) is 5.96. The van der Waals surface area contributed by atoms with Crippen molar-refractivity contribution in [3.05, 3.63) is 109 Å². The van der Waals surface area contributed by atoms with Crippen molar-refractivity contribution in [2.24, 2.45) is 0 Å². The molecule has 3 aromatic carbocycles. The minimum absolute atomic E-state index is 0.157. The lowest BCUT2D eigenvalue weighted by molar-refractivity contribution is 0.601. The fourth-order valence-corrected chi connectivity index (χ4v) is 4.23. The summed E-state index contributed by atoms with van der Waals surface area (Å²) in [4.78, 5) is 4.13. The maximum absolute atomic E-state index is 12.8. The number of hydrogen-bond acceptors (Lipinski definition) is 4. The molecule has 0 aliphatic heterocycles. The highest BCUT2D eigenvalue weighted by molar-refractivity contribution is 7.92. The lowest BCUT2D eigenvalue weighted by Gasteiger charge is -2.12. The molecule has 0 amide bonds. The standard InChI is InChI=1S/C25H23N5O2S/c26-25(29-22-14-16-27-17-15-22)28-18-19-6-10-23(11-7-19)30-33(31,32)24-12-8-21(9-13-24)20-4-2-1-3-5-20/h1-17,30H,18H2,(H3,26,27,28,29). The summed E-state index contributed by atoms with van der Waals surface area (Å²) in [7, 11) is -3.70.